The van der Waals surface area contributed by atoms with Crippen molar-refractivity contribution in [2.75, 3.05) is 13.2 Å². The molecule has 2 heteroatoms. The van der Waals surface area contributed by atoms with E-state index in [4.69, 9.17) is 4.74 Å². The van der Waals surface area contributed by atoms with Crippen LogP contribution in [0, 0.1) is 0 Å². The lowest BCUT2D eigenvalue weighted by Crippen LogP contribution is -2.33. The first kappa shape index (κ1) is 10.5. The molecule has 15 heavy (non-hydrogen) atoms. The van der Waals surface area contributed by atoms with Crippen molar-refractivity contribution in [1.82, 2.24) is 5.32 Å². The fourth-order valence-electron chi connectivity index (χ4n) is 1.96. The molecule has 2 rings (SSSR count). The molecule has 1 aromatic rings. The van der Waals surface area contributed by atoms with Gasteiger partial charge in [0.2, 0.25) is 0 Å². The average Bonchev–Trinajstić information content (AvgIpc) is 2.56. The third-order valence-electron chi connectivity index (χ3n) is 2.86. The molecule has 0 amide bonds. The summed E-state index contributed by atoms with van der Waals surface area (Å²) in [6.45, 7) is 1.94. The summed E-state index contributed by atoms with van der Waals surface area (Å²) in [5.41, 5.74) is 0. The maximum Gasteiger partial charge on any atom is 0.119 e. The van der Waals surface area contributed by atoms with Crippen LogP contribution < -0.4 is 10.1 Å². The highest BCUT2D eigenvalue weighted by Gasteiger charge is 2.11. The quantitative estimate of drug-likeness (QED) is 0.819. The predicted octanol–water partition coefficient (Wildman–Crippen LogP) is 2.60. The van der Waals surface area contributed by atoms with E-state index >= 15 is 0 Å². The highest BCUT2D eigenvalue weighted by atomic mass is 16.5. The molecule has 1 saturated heterocycles. The van der Waals surface area contributed by atoms with E-state index in [0.29, 0.717) is 6.04 Å². The largest absolute Gasteiger partial charge is 0.492 e. The zero-order chi connectivity index (χ0) is 10.3. The number of hydrogen-bond donors (Lipinski definition) is 1. The van der Waals surface area contributed by atoms with E-state index in [2.05, 4.69) is 5.32 Å². The highest BCUT2D eigenvalue weighted by Crippen LogP contribution is 2.12. The van der Waals surface area contributed by atoms with Crippen LogP contribution in [0.15, 0.2) is 30.3 Å². The summed E-state index contributed by atoms with van der Waals surface area (Å²) in [5.74, 6) is 0.976. The molecular weight excluding hydrogens is 186 g/mol. The molecule has 1 fully saturated rings. The summed E-state index contributed by atoms with van der Waals surface area (Å²) >= 11 is 0. The molecule has 0 bridgehead atoms. The monoisotopic (exact) mass is 205 g/mol. The highest BCUT2D eigenvalue weighted by molar-refractivity contribution is 5.20. The number of nitrogens with one attached hydrogen (secondary N) is 1. The Hall–Kier alpha value is -1.02. The Morgan fingerprint density at radius 2 is 2.00 bits per heavy atom. The van der Waals surface area contributed by atoms with Gasteiger partial charge in [-0.2, -0.15) is 0 Å². The number of hydrogen-bond acceptors (Lipinski definition) is 2. The molecule has 0 aliphatic carbocycles. The Morgan fingerprint density at radius 3 is 2.87 bits per heavy atom. The summed E-state index contributed by atoms with van der Waals surface area (Å²) < 4.78 is 5.74. The van der Waals surface area contributed by atoms with Gasteiger partial charge >= 0.3 is 0 Å². The Kier molecular flexibility index (Phi) is 4.03. The maximum atomic E-state index is 5.74. The van der Waals surface area contributed by atoms with Gasteiger partial charge in [-0.3, -0.25) is 0 Å². The van der Waals surface area contributed by atoms with Crippen LogP contribution in [-0.2, 0) is 0 Å². The second kappa shape index (κ2) is 5.76. The molecule has 1 atom stereocenters. The van der Waals surface area contributed by atoms with E-state index in [1.165, 1.54) is 25.7 Å². The molecule has 0 radical (unpaired) electrons. The molecule has 1 unspecified atom stereocenters. The van der Waals surface area contributed by atoms with Gasteiger partial charge in [0.15, 0.2) is 0 Å². The summed E-state index contributed by atoms with van der Waals surface area (Å²) in [6, 6.07) is 10.6. The molecule has 0 aromatic heterocycles. The standard InChI is InChI=1S/C13H19NO/c1-4-8-13(9-5-1)15-11-12-7-3-2-6-10-14-12/h1,4-5,8-9,12,14H,2-3,6-7,10-11H2. The van der Waals surface area contributed by atoms with Crippen LogP contribution in [-0.4, -0.2) is 19.2 Å². The van der Waals surface area contributed by atoms with Gasteiger partial charge in [-0.15, -0.1) is 0 Å². The van der Waals surface area contributed by atoms with Crippen LogP contribution in [0.1, 0.15) is 25.7 Å². The first-order chi connectivity index (χ1) is 7.45. The van der Waals surface area contributed by atoms with Gasteiger partial charge < -0.3 is 10.1 Å². The Bertz CT molecular complexity index is 265. The van der Waals surface area contributed by atoms with E-state index in [1.54, 1.807) is 0 Å². The topological polar surface area (TPSA) is 21.3 Å². The van der Waals surface area contributed by atoms with E-state index in [-0.39, 0.29) is 0 Å². The maximum absolute atomic E-state index is 5.74. The summed E-state index contributed by atoms with van der Waals surface area (Å²) in [7, 11) is 0. The average molecular weight is 205 g/mol. The molecule has 0 saturated carbocycles. The van der Waals surface area contributed by atoms with Gasteiger partial charge in [0.05, 0.1) is 0 Å². The van der Waals surface area contributed by atoms with Crippen LogP contribution in [0.2, 0.25) is 0 Å². The van der Waals surface area contributed by atoms with Crippen LogP contribution in [0.4, 0.5) is 0 Å². The number of rotatable bonds is 3. The Labute approximate surface area is 91.6 Å². The first-order valence-electron chi connectivity index (χ1n) is 5.86. The zero-order valence-electron chi connectivity index (χ0n) is 9.11. The van der Waals surface area contributed by atoms with Gasteiger partial charge in [0.1, 0.15) is 12.4 Å². The van der Waals surface area contributed by atoms with E-state index in [1.807, 2.05) is 30.3 Å². The van der Waals surface area contributed by atoms with Crippen molar-refractivity contribution in [1.29, 1.82) is 0 Å². The number of ether oxygens (including phenoxy) is 1. The third kappa shape index (κ3) is 3.56. The molecule has 0 spiro atoms. The molecule has 1 N–H and O–H groups in total. The van der Waals surface area contributed by atoms with Crippen LogP contribution in [0.25, 0.3) is 0 Å². The molecule has 1 aliphatic heterocycles. The fourth-order valence-corrected chi connectivity index (χ4v) is 1.96. The second-order valence-electron chi connectivity index (χ2n) is 4.12. The van der Waals surface area contributed by atoms with Crippen molar-refractivity contribution in [2.45, 2.75) is 31.7 Å². The Morgan fingerprint density at radius 1 is 1.13 bits per heavy atom. The number of benzene rings is 1. The molecule has 1 aliphatic rings. The third-order valence-corrected chi connectivity index (χ3v) is 2.86. The number of para-hydroxylation sites is 1. The lowest BCUT2D eigenvalue weighted by Gasteiger charge is -2.16. The molecule has 1 heterocycles. The summed E-state index contributed by atoms with van der Waals surface area (Å²) in [5, 5.41) is 3.53. The van der Waals surface area contributed by atoms with Gasteiger partial charge in [0.25, 0.3) is 0 Å². The second-order valence-corrected chi connectivity index (χ2v) is 4.12. The van der Waals surface area contributed by atoms with Crippen molar-refractivity contribution in [3.05, 3.63) is 30.3 Å². The summed E-state index contributed by atoms with van der Waals surface area (Å²) in [4.78, 5) is 0. The zero-order valence-corrected chi connectivity index (χ0v) is 9.11. The smallest absolute Gasteiger partial charge is 0.119 e. The normalized spacial score (nSPS) is 22.0. The van der Waals surface area contributed by atoms with Gasteiger partial charge in [-0.25, -0.2) is 0 Å². The van der Waals surface area contributed by atoms with E-state index < -0.39 is 0 Å². The van der Waals surface area contributed by atoms with E-state index in [0.717, 1.165) is 18.9 Å². The van der Waals surface area contributed by atoms with Crippen molar-refractivity contribution in [2.24, 2.45) is 0 Å². The van der Waals surface area contributed by atoms with Gasteiger partial charge in [-0.05, 0) is 31.5 Å². The van der Waals surface area contributed by atoms with Crippen molar-refractivity contribution >= 4 is 0 Å². The SMILES string of the molecule is c1ccc(OCC2CCCCCN2)cc1. The molecule has 82 valence electrons. The predicted molar refractivity (Wildman–Crippen MR) is 62.2 cm³/mol. The van der Waals surface area contributed by atoms with Crippen molar-refractivity contribution in [3.63, 3.8) is 0 Å². The van der Waals surface area contributed by atoms with Gasteiger partial charge in [-0.1, -0.05) is 31.0 Å². The molecule has 2 nitrogen and oxygen atoms in total. The lowest BCUT2D eigenvalue weighted by molar-refractivity contribution is 0.261. The Balaban J connectivity index is 1.77. The minimum atomic E-state index is 0.535. The minimum absolute atomic E-state index is 0.535. The first-order valence-corrected chi connectivity index (χ1v) is 5.86. The van der Waals surface area contributed by atoms with Crippen molar-refractivity contribution in [3.8, 4) is 5.75 Å². The fraction of sp³-hybridized carbons (Fsp3) is 0.538. The minimum Gasteiger partial charge on any atom is -0.492 e. The van der Waals surface area contributed by atoms with Crippen LogP contribution >= 0.6 is 0 Å². The molecule has 1 aromatic carbocycles. The lowest BCUT2D eigenvalue weighted by atomic mass is 10.1. The van der Waals surface area contributed by atoms with Crippen molar-refractivity contribution < 1.29 is 4.74 Å². The van der Waals surface area contributed by atoms with Crippen LogP contribution in [0.5, 0.6) is 5.75 Å². The van der Waals surface area contributed by atoms with Crippen LogP contribution in [0.3, 0.4) is 0 Å². The summed E-state index contributed by atoms with van der Waals surface area (Å²) in [6.07, 6.45) is 5.24. The van der Waals surface area contributed by atoms with E-state index in [9.17, 15) is 0 Å². The molecular formula is C13H19NO. The van der Waals surface area contributed by atoms with Gasteiger partial charge in [0, 0.05) is 6.04 Å².